The van der Waals surface area contributed by atoms with E-state index in [9.17, 15) is 25.3 Å². The average Bonchev–Trinajstić information content (AvgIpc) is 2.75. The summed E-state index contributed by atoms with van der Waals surface area (Å²) in [6, 6.07) is 9.20. The second-order valence-electron chi connectivity index (χ2n) is 7.23. The lowest BCUT2D eigenvalue weighted by molar-refractivity contribution is 0.346. The van der Waals surface area contributed by atoms with Gasteiger partial charge in [0.15, 0.2) is 0 Å². The van der Waals surface area contributed by atoms with Crippen molar-refractivity contribution in [3.8, 4) is 0 Å². The van der Waals surface area contributed by atoms with E-state index in [1.54, 1.807) is 6.92 Å². The fourth-order valence-electron chi connectivity index (χ4n) is 3.26. The summed E-state index contributed by atoms with van der Waals surface area (Å²) in [5.41, 5.74) is 0.639. The molecule has 31 heavy (non-hydrogen) atoms. The first-order valence-corrected chi connectivity index (χ1v) is 14.1. The largest absolute Gasteiger partial charge is 0.279 e. The van der Waals surface area contributed by atoms with Gasteiger partial charge < -0.3 is 0 Å². The van der Waals surface area contributed by atoms with Crippen LogP contribution < -0.4 is 9.44 Å². The summed E-state index contributed by atoms with van der Waals surface area (Å²) in [5.74, 6) is 0. The second kappa shape index (κ2) is 8.87. The van der Waals surface area contributed by atoms with E-state index in [2.05, 4.69) is 9.44 Å². The molecule has 2 aromatic rings. The van der Waals surface area contributed by atoms with Crippen molar-refractivity contribution >= 4 is 35.8 Å². The Hall–Kier alpha value is -1.99. The van der Waals surface area contributed by atoms with Gasteiger partial charge in [-0.15, -0.1) is 0 Å². The summed E-state index contributed by atoms with van der Waals surface area (Å²) < 4.78 is 81.6. The van der Waals surface area contributed by atoms with Crippen LogP contribution in [0.15, 0.2) is 57.2 Å². The van der Waals surface area contributed by atoms with E-state index in [4.69, 9.17) is 0 Å². The average molecular weight is 488 g/mol. The minimum Gasteiger partial charge on any atom is -0.279 e. The Balaban J connectivity index is 1.96. The maximum Gasteiger partial charge on any atom is 0.261 e. The van der Waals surface area contributed by atoms with Crippen molar-refractivity contribution in [3.63, 3.8) is 0 Å². The van der Waals surface area contributed by atoms with E-state index >= 15 is 0 Å². The van der Waals surface area contributed by atoms with Crippen LogP contribution in [0.4, 0.5) is 5.69 Å². The number of benzene rings is 2. The summed E-state index contributed by atoms with van der Waals surface area (Å²) in [4.78, 5) is -0.451. The van der Waals surface area contributed by atoms with E-state index in [0.29, 0.717) is 18.7 Å². The molecule has 0 aliphatic carbocycles. The number of hydrogen-bond donors (Lipinski definition) is 2. The van der Waals surface area contributed by atoms with Crippen LogP contribution in [-0.2, 0) is 30.1 Å². The molecular formula is C19H25N3O6S3. The zero-order chi connectivity index (χ0) is 22.9. The molecule has 1 aliphatic rings. The van der Waals surface area contributed by atoms with Gasteiger partial charge in [0.2, 0.25) is 20.0 Å². The molecule has 12 heteroatoms. The summed E-state index contributed by atoms with van der Waals surface area (Å²) in [7, 11) is -10.5. The molecule has 1 heterocycles. The van der Waals surface area contributed by atoms with Gasteiger partial charge in [0, 0.05) is 13.1 Å². The molecule has 2 aromatic carbocycles. The number of rotatable bonds is 7. The number of piperidine rings is 1. The van der Waals surface area contributed by atoms with Crippen molar-refractivity contribution in [2.24, 2.45) is 0 Å². The Bertz CT molecular complexity index is 1280. The van der Waals surface area contributed by atoms with E-state index < -0.39 is 30.1 Å². The number of sulfonamides is 3. The first kappa shape index (κ1) is 23.7. The molecule has 0 amide bonds. The van der Waals surface area contributed by atoms with E-state index in [-0.39, 0.29) is 20.4 Å². The number of nitrogens with one attached hydrogen (secondary N) is 2. The van der Waals surface area contributed by atoms with Gasteiger partial charge in [-0.3, -0.25) is 4.72 Å². The van der Waals surface area contributed by atoms with Gasteiger partial charge in [-0.25, -0.2) is 30.0 Å². The molecule has 1 saturated heterocycles. The zero-order valence-corrected chi connectivity index (χ0v) is 19.6. The summed E-state index contributed by atoms with van der Waals surface area (Å²) in [6.45, 7) is 2.52. The number of anilines is 1. The van der Waals surface area contributed by atoms with Gasteiger partial charge in [0.1, 0.15) is 0 Å². The molecule has 0 unspecified atom stereocenters. The van der Waals surface area contributed by atoms with Crippen molar-refractivity contribution in [2.45, 2.75) is 40.9 Å². The van der Waals surface area contributed by atoms with Crippen LogP contribution in [0.1, 0.15) is 24.8 Å². The molecule has 0 spiro atoms. The van der Waals surface area contributed by atoms with Crippen LogP contribution >= 0.6 is 0 Å². The van der Waals surface area contributed by atoms with Crippen LogP contribution in [0.2, 0.25) is 0 Å². The second-order valence-corrected chi connectivity index (χ2v) is 12.7. The highest BCUT2D eigenvalue weighted by Crippen LogP contribution is 2.27. The Morgan fingerprint density at radius 2 is 1.39 bits per heavy atom. The van der Waals surface area contributed by atoms with Crippen LogP contribution in [0.3, 0.4) is 0 Å². The van der Waals surface area contributed by atoms with Gasteiger partial charge >= 0.3 is 0 Å². The first-order valence-electron chi connectivity index (χ1n) is 9.65. The van der Waals surface area contributed by atoms with Crippen LogP contribution in [0.25, 0.3) is 0 Å². The molecule has 170 valence electrons. The summed E-state index contributed by atoms with van der Waals surface area (Å²) in [6.07, 6.45) is 2.56. The third-order valence-electron chi connectivity index (χ3n) is 5.10. The molecule has 2 N–H and O–H groups in total. The van der Waals surface area contributed by atoms with E-state index in [1.165, 1.54) is 47.8 Å². The SMILES string of the molecule is CNS(=O)(=O)c1cccc(S(=O)(=O)Nc2cc(S(=O)(=O)N3CCCCC3)ccc2C)c1. The Morgan fingerprint density at radius 3 is 2.00 bits per heavy atom. The van der Waals surface area contributed by atoms with Crippen LogP contribution in [-0.4, -0.2) is 49.7 Å². The molecule has 0 radical (unpaired) electrons. The lowest BCUT2D eigenvalue weighted by atomic mass is 10.2. The standard InChI is InChI=1S/C19H25N3O6S3/c1-15-9-10-18(31(27,28)22-11-4-3-5-12-22)14-19(15)21-30(25,26)17-8-6-7-16(13-17)29(23,24)20-2/h6-10,13-14,20-21H,3-5,11-12H2,1-2H3. The number of aryl methyl sites for hydroxylation is 1. The predicted molar refractivity (Wildman–Crippen MR) is 117 cm³/mol. The lowest BCUT2D eigenvalue weighted by Gasteiger charge is -2.26. The Kier molecular flexibility index (Phi) is 6.77. The van der Waals surface area contributed by atoms with Crippen LogP contribution in [0, 0.1) is 6.92 Å². The Morgan fingerprint density at radius 1 is 0.774 bits per heavy atom. The molecule has 0 bridgehead atoms. The van der Waals surface area contributed by atoms with Crippen molar-refractivity contribution < 1.29 is 25.3 Å². The van der Waals surface area contributed by atoms with Crippen LogP contribution in [0.5, 0.6) is 0 Å². The fourth-order valence-corrected chi connectivity index (χ4v) is 6.82. The maximum atomic E-state index is 12.9. The molecule has 0 aromatic heterocycles. The molecule has 3 rings (SSSR count). The minimum absolute atomic E-state index is 0.00390. The number of nitrogens with zero attached hydrogens (tertiary/aromatic N) is 1. The smallest absolute Gasteiger partial charge is 0.261 e. The molecule has 0 atom stereocenters. The molecule has 0 saturated carbocycles. The fraction of sp³-hybridized carbons (Fsp3) is 0.368. The van der Waals surface area contributed by atoms with Gasteiger partial charge in [-0.2, -0.15) is 4.31 Å². The third-order valence-corrected chi connectivity index (χ3v) is 9.77. The van der Waals surface area contributed by atoms with E-state index in [0.717, 1.165) is 25.3 Å². The van der Waals surface area contributed by atoms with Crippen molar-refractivity contribution in [3.05, 3.63) is 48.0 Å². The van der Waals surface area contributed by atoms with Gasteiger partial charge in [-0.05, 0) is 62.7 Å². The number of hydrogen-bond acceptors (Lipinski definition) is 6. The quantitative estimate of drug-likeness (QED) is 0.613. The normalized spacial score (nSPS) is 16.2. The highest BCUT2D eigenvalue weighted by Gasteiger charge is 2.27. The van der Waals surface area contributed by atoms with Gasteiger partial charge in [0.25, 0.3) is 10.0 Å². The predicted octanol–water partition coefficient (Wildman–Crippen LogP) is 1.88. The molecule has 1 fully saturated rings. The van der Waals surface area contributed by atoms with Crippen molar-refractivity contribution in [1.29, 1.82) is 0 Å². The maximum absolute atomic E-state index is 12.9. The summed E-state index contributed by atoms with van der Waals surface area (Å²) >= 11 is 0. The third kappa shape index (κ3) is 5.09. The van der Waals surface area contributed by atoms with Gasteiger partial charge in [-0.1, -0.05) is 18.6 Å². The lowest BCUT2D eigenvalue weighted by Crippen LogP contribution is -2.35. The molecule has 1 aliphatic heterocycles. The highest BCUT2D eigenvalue weighted by atomic mass is 32.2. The van der Waals surface area contributed by atoms with Crippen molar-refractivity contribution in [2.75, 3.05) is 24.9 Å². The van der Waals surface area contributed by atoms with Crippen molar-refractivity contribution in [1.82, 2.24) is 9.03 Å². The minimum atomic E-state index is -4.16. The highest BCUT2D eigenvalue weighted by molar-refractivity contribution is 7.93. The first-order chi connectivity index (χ1) is 14.5. The van der Waals surface area contributed by atoms with Gasteiger partial charge in [0.05, 0.1) is 20.4 Å². The molecule has 9 nitrogen and oxygen atoms in total. The summed E-state index contributed by atoms with van der Waals surface area (Å²) in [5, 5.41) is 0. The zero-order valence-electron chi connectivity index (χ0n) is 17.2. The topological polar surface area (TPSA) is 130 Å². The monoisotopic (exact) mass is 487 g/mol. The Labute approximate surface area is 183 Å². The molecular weight excluding hydrogens is 462 g/mol. The van der Waals surface area contributed by atoms with E-state index in [1.807, 2.05) is 0 Å².